The molecule has 1 nitrogen and oxygen atoms in total. The molecule has 88 valence electrons. The second-order valence-corrected chi connectivity index (χ2v) is 5.43. The van der Waals surface area contributed by atoms with E-state index in [1.807, 2.05) is 6.08 Å². The van der Waals surface area contributed by atoms with Crippen molar-refractivity contribution in [3.63, 3.8) is 0 Å². The highest BCUT2D eigenvalue weighted by molar-refractivity contribution is 5.38. The van der Waals surface area contributed by atoms with Crippen molar-refractivity contribution < 1.29 is 4.74 Å². The van der Waals surface area contributed by atoms with Crippen LogP contribution in [0.15, 0.2) is 35.5 Å². The van der Waals surface area contributed by atoms with Crippen molar-refractivity contribution in [2.75, 3.05) is 6.61 Å². The lowest BCUT2D eigenvalue weighted by Crippen LogP contribution is -2.36. The van der Waals surface area contributed by atoms with E-state index >= 15 is 0 Å². The average Bonchev–Trinajstić information content (AvgIpc) is 2.61. The Kier molecular flexibility index (Phi) is 3.07. The van der Waals surface area contributed by atoms with Gasteiger partial charge in [0.15, 0.2) is 0 Å². The summed E-state index contributed by atoms with van der Waals surface area (Å²) in [5.74, 6) is 0.753. The molecule has 1 heterocycles. The third-order valence-corrected chi connectivity index (χ3v) is 3.83. The fraction of sp³-hybridized carbons (Fsp3) is 0.600. The molecule has 16 heavy (non-hydrogen) atoms. The van der Waals surface area contributed by atoms with E-state index in [0.29, 0.717) is 0 Å². The molecule has 2 unspecified atom stereocenters. The van der Waals surface area contributed by atoms with Gasteiger partial charge in [-0.1, -0.05) is 25.2 Å². The Labute approximate surface area is 98.9 Å². The Morgan fingerprint density at radius 1 is 1.56 bits per heavy atom. The van der Waals surface area contributed by atoms with E-state index in [1.54, 1.807) is 0 Å². The Balaban J connectivity index is 2.38. The Bertz CT molecular complexity index is 358. The van der Waals surface area contributed by atoms with E-state index < -0.39 is 0 Å². The number of hydrogen-bond acceptors (Lipinski definition) is 1. The SMILES string of the molecule is C=CC1=CC2(CC(C)CCC2=C(C)C)OC1. The number of rotatable bonds is 1. The van der Waals surface area contributed by atoms with Crippen LogP contribution in [-0.4, -0.2) is 12.2 Å². The maximum Gasteiger partial charge on any atom is 0.109 e. The normalized spacial score (nSPS) is 34.1. The molecule has 1 heteroatoms. The molecule has 0 aromatic rings. The van der Waals surface area contributed by atoms with Crippen molar-refractivity contribution >= 4 is 0 Å². The van der Waals surface area contributed by atoms with Crippen LogP contribution in [0.25, 0.3) is 0 Å². The predicted molar refractivity (Wildman–Crippen MR) is 68.4 cm³/mol. The molecule has 0 radical (unpaired) electrons. The van der Waals surface area contributed by atoms with E-state index in [4.69, 9.17) is 4.74 Å². The van der Waals surface area contributed by atoms with Gasteiger partial charge >= 0.3 is 0 Å². The van der Waals surface area contributed by atoms with Crippen molar-refractivity contribution in [1.29, 1.82) is 0 Å². The minimum absolute atomic E-state index is 0.0972. The van der Waals surface area contributed by atoms with Gasteiger partial charge in [0.1, 0.15) is 5.60 Å². The molecular formula is C15H22O. The molecule has 0 saturated heterocycles. The highest BCUT2D eigenvalue weighted by Gasteiger charge is 2.41. The second-order valence-electron chi connectivity index (χ2n) is 5.43. The zero-order valence-electron chi connectivity index (χ0n) is 10.7. The average molecular weight is 218 g/mol. The third-order valence-electron chi connectivity index (χ3n) is 3.83. The molecule has 1 spiro atoms. The molecule has 1 aliphatic carbocycles. The van der Waals surface area contributed by atoms with Crippen LogP contribution in [0.1, 0.15) is 40.0 Å². The quantitative estimate of drug-likeness (QED) is 0.604. The third kappa shape index (κ3) is 1.89. The maximum atomic E-state index is 6.11. The Morgan fingerprint density at radius 2 is 2.31 bits per heavy atom. The fourth-order valence-corrected chi connectivity index (χ4v) is 3.02. The predicted octanol–water partition coefficient (Wildman–Crippen LogP) is 4.02. The van der Waals surface area contributed by atoms with Gasteiger partial charge in [-0.25, -0.2) is 0 Å². The van der Waals surface area contributed by atoms with Crippen LogP contribution in [0, 0.1) is 5.92 Å². The summed E-state index contributed by atoms with van der Waals surface area (Å²) in [7, 11) is 0. The van der Waals surface area contributed by atoms with E-state index in [2.05, 4.69) is 33.4 Å². The molecule has 1 fully saturated rings. The van der Waals surface area contributed by atoms with Gasteiger partial charge in [-0.05, 0) is 56.3 Å². The van der Waals surface area contributed by atoms with E-state index in [9.17, 15) is 0 Å². The highest BCUT2D eigenvalue weighted by atomic mass is 16.5. The summed E-state index contributed by atoms with van der Waals surface area (Å²) < 4.78 is 6.11. The van der Waals surface area contributed by atoms with E-state index in [-0.39, 0.29) is 5.60 Å². The molecule has 2 aliphatic rings. The summed E-state index contributed by atoms with van der Waals surface area (Å²) in [4.78, 5) is 0. The second kappa shape index (κ2) is 4.21. The first-order chi connectivity index (χ1) is 7.57. The maximum absolute atomic E-state index is 6.11. The molecule has 0 bridgehead atoms. The van der Waals surface area contributed by atoms with Crippen molar-refractivity contribution in [1.82, 2.24) is 0 Å². The van der Waals surface area contributed by atoms with Crippen LogP contribution in [-0.2, 0) is 4.74 Å². The van der Waals surface area contributed by atoms with Gasteiger partial charge in [-0.3, -0.25) is 0 Å². The summed E-state index contributed by atoms with van der Waals surface area (Å²) in [5.41, 5.74) is 4.07. The largest absolute Gasteiger partial charge is 0.362 e. The van der Waals surface area contributed by atoms with Crippen LogP contribution >= 0.6 is 0 Å². The number of ether oxygens (including phenoxy) is 1. The van der Waals surface area contributed by atoms with Gasteiger partial charge in [0.2, 0.25) is 0 Å². The molecule has 2 atom stereocenters. The zero-order valence-corrected chi connectivity index (χ0v) is 10.7. The topological polar surface area (TPSA) is 9.23 Å². The first-order valence-corrected chi connectivity index (χ1v) is 6.22. The van der Waals surface area contributed by atoms with E-state index in [0.717, 1.165) is 18.9 Å². The van der Waals surface area contributed by atoms with E-state index in [1.165, 1.54) is 29.6 Å². The first kappa shape index (κ1) is 11.7. The van der Waals surface area contributed by atoms with Gasteiger partial charge in [0, 0.05) is 0 Å². The van der Waals surface area contributed by atoms with Gasteiger partial charge in [-0.2, -0.15) is 0 Å². The van der Waals surface area contributed by atoms with Crippen LogP contribution in [0.2, 0.25) is 0 Å². The van der Waals surface area contributed by atoms with Crippen molar-refractivity contribution in [2.24, 2.45) is 5.92 Å². The van der Waals surface area contributed by atoms with Gasteiger partial charge in [0.25, 0.3) is 0 Å². The molecule has 0 N–H and O–H groups in total. The zero-order chi connectivity index (χ0) is 11.8. The number of allylic oxidation sites excluding steroid dienone is 1. The van der Waals surface area contributed by atoms with Crippen molar-refractivity contribution in [3.05, 3.63) is 35.5 Å². The lowest BCUT2D eigenvalue weighted by atomic mass is 9.73. The molecular weight excluding hydrogens is 196 g/mol. The fourth-order valence-electron chi connectivity index (χ4n) is 3.02. The summed E-state index contributed by atoms with van der Waals surface area (Å²) in [6.07, 6.45) is 7.84. The Hall–Kier alpha value is -0.820. The minimum atomic E-state index is -0.0972. The monoisotopic (exact) mass is 218 g/mol. The van der Waals surface area contributed by atoms with Crippen LogP contribution in [0.3, 0.4) is 0 Å². The minimum Gasteiger partial charge on any atom is -0.362 e. The van der Waals surface area contributed by atoms with Crippen molar-refractivity contribution in [3.8, 4) is 0 Å². The molecule has 0 aromatic heterocycles. The number of hydrogen-bond donors (Lipinski definition) is 0. The summed E-state index contributed by atoms with van der Waals surface area (Å²) in [6.45, 7) is 11.3. The summed E-state index contributed by atoms with van der Waals surface area (Å²) >= 11 is 0. The first-order valence-electron chi connectivity index (χ1n) is 6.22. The van der Waals surface area contributed by atoms with Crippen molar-refractivity contribution in [2.45, 2.75) is 45.6 Å². The summed E-state index contributed by atoms with van der Waals surface area (Å²) in [5, 5.41) is 0. The summed E-state index contributed by atoms with van der Waals surface area (Å²) in [6, 6.07) is 0. The lowest BCUT2D eigenvalue weighted by Gasteiger charge is -2.38. The van der Waals surface area contributed by atoms with Gasteiger partial charge in [-0.15, -0.1) is 0 Å². The van der Waals surface area contributed by atoms with Gasteiger partial charge in [0.05, 0.1) is 6.61 Å². The molecule has 2 rings (SSSR count). The van der Waals surface area contributed by atoms with Crippen LogP contribution < -0.4 is 0 Å². The molecule has 1 saturated carbocycles. The standard InChI is InChI=1S/C15H22O/c1-5-13-9-15(16-10-13)8-12(4)6-7-14(15)11(2)3/h5,9,12H,1,6-8,10H2,2-4H3. The van der Waals surface area contributed by atoms with Crippen LogP contribution in [0.4, 0.5) is 0 Å². The van der Waals surface area contributed by atoms with Crippen LogP contribution in [0.5, 0.6) is 0 Å². The molecule has 0 aromatic carbocycles. The Morgan fingerprint density at radius 3 is 2.88 bits per heavy atom. The molecule has 0 amide bonds. The molecule has 1 aliphatic heterocycles. The lowest BCUT2D eigenvalue weighted by molar-refractivity contribution is 0.0204. The highest BCUT2D eigenvalue weighted by Crippen LogP contribution is 2.45. The smallest absolute Gasteiger partial charge is 0.109 e. The van der Waals surface area contributed by atoms with Gasteiger partial charge < -0.3 is 4.74 Å².